The van der Waals surface area contributed by atoms with Gasteiger partial charge in [-0.2, -0.15) is 0 Å². The van der Waals surface area contributed by atoms with Crippen LogP contribution in [0, 0.1) is 5.92 Å². The molecular weight excluding hydrogens is 328 g/mol. The number of nitrogens with one attached hydrogen (secondary N) is 1. The van der Waals surface area contributed by atoms with Gasteiger partial charge in [0.2, 0.25) is 11.8 Å². The first kappa shape index (κ1) is 17.2. The molecular formula is C18H23ClN2O3. The Morgan fingerprint density at radius 3 is 2.67 bits per heavy atom. The quantitative estimate of drug-likeness (QED) is 0.884. The van der Waals surface area contributed by atoms with Crippen molar-refractivity contribution in [2.75, 3.05) is 26.3 Å². The molecule has 1 atom stereocenters. The van der Waals surface area contributed by atoms with Crippen LogP contribution in [-0.2, 0) is 20.7 Å². The van der Waals surface area contributed by atoms with Gasteiger partial charge >= 0.3 is 0 Å². The van der Waals surface area contributed by atoms with Crippen molar-refractivity contribution in [1.82, 2.24) is 10.2 Å². The second-order valence-corrected chi connectivity index (χ2v) is 6.89. The van der Waals surface area contributed by atoms with E-state index in [1.165, 1.54) is 0 Å². The van der Waals surface area contributed by atoms with Crippen molar-refractivity contribution in [3.05, 3.63) is 34.9 Å². The Morgan fingerprint density at radius 2 is 1.96 bits per heavy atom. The van der Waals surface area contributed by atoms with Crippen molar-refractivity contribution >= 4 is 23.4 Å². The van der Waals surface area contributed by atoms with Crippen LogP contribution in [0.2, 0.25) is 5.02 Å². The number of amides is 2. The third-order valence-corrected chi connectivity index (χ3v) is 5.04. The molecule has 130 valence electrons. The van der Waals surface area contributed by atoms with E-state index < -0.39 is 0 Å². The fourth-order valence-corrected chi connectivity index (χ4v) is 3.51. The molecule has 2 saturated heterocycles. The lowest BCUT2D eigenvalue weighted by molar-refractivity contribution is -0.131. The van der Waals surface area contributed by atoms with E-state index in [4.69, 9.17) is 16.3 Å². The van der Waals surface area contributed by atoms with E-state index >= 15 is 0 Å². The van der Waals surface area contributed by atoms with Gasteiger partial charge in [-0.25, -0.2) is 0 Å². The third kappa shape index (κ3) is 4.28. The molecule has 2 heterocycles. The number of ether oxygens (including phenoxy) is 1. The van der Waals surface area contributed by atoms with E-state index in [9.17, 15) is 9.59 Å². The number of halogens is 1. The van der Waals surface area contributed by atoms with Crippen molar-refractivity contribution in [2.45, 2.75) is 31.7 Å². The number of carbonyl (C=O) groups excluding carboxylic acids is 2. The first-order chi connectivity index (χ1) is 11.6. The minimum absolute atomic E-state index is 0.0214. The number of hydrogen-bond acceptors (Lipinski definition) is 3. The Labute approximate surface area is 147 Å². The van der Waals surface area contributed by atoms with Crippen LogP contribution in [0.5, 0.6) is 0 Å². The molecule has 0 bridgehead atoms. The maximum absolute atomic E-state index is 12.3. The smallest absolute Gasteiger partial charge is 0.225 e. The molecule has 3 rings (SSSR count). The van der Waals surface area contributed by atoms with E-state index in [2.05, 4.69) is 5.32 Å². The van der Waals surface area contributed by atoms with E-state index in [1.807, 2.05) is 29.2 Å². The zero-order chi connectivity index (χ0) is 16.9. The lowest BCUT2D eigenvalue weighted by Gasteiger charge is -2.31. The predicted octanol–water partition coefficient (Wildman–Crippen LogP) is 2.03. The Morgan fingerprint density at radius 1 is 1.25 bits per heavy atom. The molecule has 2 aliphatic heterocycles. The third-order valence-electron chi connectivity index (χ3n) is 4.79. The summed E-state index contributed by atoms with van der Waals surface area (Å²) < 4.78 is 5.35. The van der Waals surface area contributed by atoms with Crippen molar-refractivity contribution in [3.63, 3.8) is 0 Å². The molecule has 1 N–H and O–H groups in total. The van der Waals surface area contributed by atoms with Crippen LogP contribution in [0.3, 0.4) is 0 Å². The predicted molar refractivity (Wildman–Crippen MR) is 91.8 cm³/mol. The van der Waals surface area contributed by atoms with Crippen LogP contribution < -0.4 is 5.32 Å². The Bertz CT molecular complexity index is 584. The molecule has 0 aromatic heterocycles. The summed E-state index contributed by atoms with van der Waals surface area (Å²) in [4.78, 5) is 26.4. The van der Waals surface area contributed by atoms with Crippen LogP contribution in [0.15, 0.2) is 24.3 Å². The Kier molecular flexibility index (Phi) is 5.74. The Balaban J connectivity index is 1.45. The summed E-state index contributed by atoms with van der Waals surface area (Å²) >= 11 is 5.86. The molecule has 0 radical (unpaired) electrons. The van der Waals surface area contributed by atoms with Gasteiger partial charge in [-0.05, 0) is 37.0 Å². The fraction of sp³-hybridized carbons (Fsp3) is 0.556. The zero-order valence-electron chi connectivity index (χ0n) is 13.7. The van der Waals surface area contributed by atoms with Crippen molar-refractivity contribution in [3.8, 4) is 0 Å². The SMILES string of the molecule is O=C(NCCc1ccc(Cl)cc1)C1CC(=O)N(C2CCOCC2)C1. The van der Waals surface area contributed by atoms with Gasteiger partial charge in [0.05, 0.1) is 5.92 Å². The highest BCUT2D eigenvalue weighted by molar-refractivity contribution is 6.30. The monoisotopic (exact) mass is 350 g/mol. The van der Waals surface area contributed by atoms with Crippen LogP contribution in [0.25, 0.3) is 0 Å². The standard InChI is InChI=1S/C18H23ClN2O3/c19-15-3-1-13(2-4-15)5-8-20-18(23)14-11-17(22)21(12-14)16-6-9-24-10-7-16/h1-4,14,16H,5-12H2,(H,20,23). The second-order valence-electron chi connectivity index (χ2n) is 6.46. The van der Waals surface area contributed by atoms with E-state index in [-0.39, 0.29) is 23.8 Å². The van der Waals surface area contributed by atoms with E-state index in [1.54, 1.807) is 0 Å². The normalized spacial score (nSPS) is 22.0. The van der Waals surface area contributed by atoms with Gasteiger partial charge in [-0.15, -0.1) is 0 Å². The average molecular weight is 351 g/mol. The molecule has 2 aliphatic rings. The summed E-state index contributed by atoms with van der Waals surface area (Å²) in [7, 11) is 0. The Hall–Kier alpha value is -1.59. The first-order valence-electron chi connectivity index (χ1n) is 8.53. The summed E-state index contributed by atoms with van der Waals surface area (Å²) in [6.45, 7) is 2.51. The lowest BCUT2D eigenvalue weighted by atomic mass is 10.1. The van der Waals surface area contributed by atoms with Gasteiger partial charge in [0.25, 0.3) is 0 Å². The summed E-state index contributed by atoms with van der Waals surface area (Å²) in [5, 5.41) is 3.66. The van der Waals surface area contributed by atoms with E-state index in [0.717, 1.165) is 24.8 Å². The molecule has 2 amide bonds. The number of carbonyl (C=O) groups is 2. The summed E-state index contributed by atoms with van der Waals surface area (Å²) in [6.07, 6.45) is 2.82. The van der Waals surface area contributed by atoms with Crippen molar-refractivity contribution in [2.24, 2.45) is 5.92 Å². The lowest BCUT2D eigenvalue weighted by Crippen LogP contribution is -2.41. The number of likely N-dealkylation sites (tertiary alicyclic amines) is 1. The minimum atomic E-state index is -0.231. The van der Waals surface area contributed by atoms with Gasteiger partial charge in [0.1, 0.15) is 0 Å². The number of nitrogens with zero attached hydrogens (tertiary/aromatic N) is 1. The maximum atomic E-state index is 12.3. The molecule has 0 spiro atoms. The average Bonchev–Trinajstić information content (AvgIpc) is 2.99. The molecule has 1 unspecified atom stereocenters. The number of benzene rings is 1. The van der Waals surface area contributed by atoms with Crippen molar-refractivity contribution in [1.29, 1.82) is 0 Å². The zero-order valence-corrected chi connectivity index (χ0v) is 14.4. The molecule has 1 aromatic carbocycles. The molecule has 2 fully saturated rings. The minimum Gasteiger partial charge on any atom is -0.381 e. The molecule has 0 saturated carbocycles. The molecule has 0 aliphatic carbocycles. The fourth-order valence-electron chi connectivity index (χ4n) is 3.38. The highest BCUT2D eigenvalue weighted by atomic mass is 35.5. The molecule has 24 heavy (non-hydrogen) atoms. The largest absolute Gasteiger partial charge is 0.381 e. The van der Waals surface area contributed by atoms with Crippen LogP contribution in [-0.4, -0.2) is 49.1 Å². The summed E-state index contributed by atoms with van der Waals surface area (Å²) in [5.74, 6) is -0.155. The number of hydrogen-bond donors (Lipinski definition) is 1. The molecule has 1 aromatic rings. The van der Waals surface area contributed by atoms with Gasteiger partial charge < -0.3 is 15.0 Å². The molecule has 5 nitrogen and oxygen atoms in total. The topological polar surface area (TPSA) is 58.6 Å². The van der Waals surface area contributed by atoms with Gasteiger partial charge in [0, 0.05) is 43.8 Å². The van der Waals surface area contributed by atoms with E-state index in [0.29, 0.717) is 37.7 Å². The van der Waals surface area contributed by atoms with Crippen LogP contribution >= 0.6 is 11.6 Å². The summed E-state index contributed by atoms with van der Waals surface area (Å²) in [6, 6.07) is 7.85. The maximum Gasteiger partial charge on any atom is 0.225 e. The van der Waals surface area contributed by atoms with Gasteiger partial charge in [-0.3, -0.25) is 9.59 Å². The van der Waals surface area contributed by atoms with Crippen molar-refractivity contribution < 1.29 is 14.3 Å². The number of rotatable bonds is 5. The van der Waals surface area contributed by atoms with Crippen LogP contribution in [0.1, 0.15) is 24.8 Å². The first-order valence-corrected chi connectivity index (χ1v) is 8.90. The highest BCUT2D eigenvalue weighted by Gasteiger charge is 2.38. The van der Waals surface area contributed by atoms with Gasteiger partial charge in [0.15, 0.2) is 0 Å². The van der Waals surface area contributed by atoms with Gasteiger partial charge in [-0.1, -0.05) is 23.7 Å². The second kappa shape index (κ2) is 7.99. The highest BCUT2D eigenvalue weighted by Crippen LogP contribution is 2.25. The van der Waals surface area contributed by atoms with Crippen LogP contribution in [0.4, 0.5) is 0 Å². The summed E-state index contributed by atoms with van der Waals surface area (Å²) in [5.41, 5.74) is 1.13. The molecule has 6 heteroatoms.